The van der Waals surface area contributed by atoms with Crippen molar-refractivity contribution in [1.82, 2.24) is 4.72 Å². The van der Waals surface area contributed by atoms with E-state index in [1.165, 1.54) is 24.3 Å². The number of hydrogen-bond acceptors (Lipinski definition) is 2. The second kappa shape index (κ2) is 5.59. The highest BCUT2D eigenvalue weighted by Crippen LogP contribution is 2.30. The van der Waals surface area contributed by atoms with Crippen LogP contribution in [0.3, 0.4) is 0 Å². The smallest absolute Gasteiger partial charge is 0.208 e. The fraction of sp³-hybridized carbons (Fsp3) is 0.571. The predicted octanol–water partition coefficient (Wildman–Crippen LogP) is 2.93. The number of hydrogen-bond donors (Lipinski definition) is 1. The standard InChI is InChI=1S/C14H20FNO2S/c1-10-3-6-13(9-11(10)2)16-19(17,18)14-7-4-12(15)5-8-14/h4-5,7-8,10-11,13,16H,3,6,9H2,1-2H3. The Labute approximate surface area is 114 Å². The zero-order valence-electron chi connectivity index (χ0n) is 11.3. The van der Waals surface area contributed by atoms with Gasteiger partial charge in [0.25, 0.3) is 0 Å². The number of nitrogens with one attached hydrogen (secondary N) is 1. The lowest BCUT2D eigenvalue weighted by Crippen LogP contribution is -2.39. The summed E-state index contributed by atoms with van der Waals surface area (Å²) in [6.45, 7) is 4.36. The molecule has 1 aromatic rings. The SMILES string of the molecule is CC1CCC(NS(=O)(=O)c2ccc(F)cc2)CC1C. The normalized spacial score (nSPS) is 28.3. The molecular weight excluding hydrogens is 265 g/mol. The second-order valence-electron chi connectivity index (χ2n) is 5.54. The molecule has 3 nitrogen and oxygen atoms in total. The van der Waals surface area contributed by atoms with Crippen LogP contribution >= 0.6 is 0 Å². The van der Waals surface area contributed by atoms with Crippen molar-refractivity contribution in [1.29, 1.82) is 0 Å². The Balaban J connectivity index is 2.07. The topological polar surface area (TPSA) is 46.2 Å². The molecule has 0 aromatic heterocycles. The van der Waals surface area contributed by atoms with Crippen molar-refractivity contribution in [3.8, 4) is 0 Å². The third-order valence-electron chi connectivity index (χ3n) is 4.04. The summed E-state index contributed by atoms with van der Waals surface area (Å²) in [6, 6.07) is 4.92. The Bertz CT molecular complexity index is 527. The summed E-state index contributed by atoms with van der Waals surface area (Å²) < 4.78 is 39.9. The molecule has 1 aromatic carbocycles. The first kappa shape index (κ1) is 14.5. The van der Waals surface area contributed by atoms with E-state index in [4.69, 9.17) is 0 Å². The first-order chi connectivity index (χ1) is 8.88. The van der Waals surface area contributed by atoms with E-state index in [1.807, 2.05) is 0 Å². The zero-order valence-corrected chi connectivity index (χ0v) is 12.1. The third-order valence-corrected chi connectivity index (χ3v) is 5.58. The molecule has 0 aliphatic heterocycles. The fourth-order valence-electron chi connectivity index (χ4n) is 2.56. The summed E-state index contributed by atoms with van der Waals surface area (Å²) in [5, 5.41) is 0. The molecule has 0 amide bonds. The maximum atomic E-state index is 12.8. The Hall–Kier alpha value is -0.940. The van der Waals surface area contributed by atoms with E-state index in [0.29, 0.717) is 11.8 Å². The third kappa shape index (κ3) is 3.54. The molecule has 1 N–H and O–H groups in total. The lowest BCUT2D eigenvalue weighted by atomic mass is 9.79. The summed E-state index contributed by atoms with van der Waals surface area (Å²) in [5.41, 5.74) is 0. The monoisotopic (exact) mass is 285 g/mol. The molecule has 0 radical (unpaired) electrons. The minimum Gasteiger partial charge on any atom is -0.208 e. The number of benzene rings is 1. The van der Waals surface area contributed by atoms with E-state index in [0.717, 1.165) is 19.3 Å². The van der Waals surface area contributed by atoms with Gasteiger partial charge in [-0.25, -0.2) is 17.5 Å². The largest absolute Gasteiger partial charge is 0.240 e. The minimum absolute atomic E-state index is 0.0127. The molecule has 0 spiro atoms. The van der Waals surface area contributed by atoms with Gasteiger partial charge >= 0.3 is 0 Å². The van der Waals surface area contributed by atoms with Gasteiger partial charge in [0.1, 0.15) is 5.82 Å². The van der Waals surface area contributed by atoms with Crippen LogP contribution in [0, 0.1) is 17.7 Å². The Morgan fingerprint density at radius 1 is 1.11 bits per heavy atom. The molecule has 106 valence electrons. The fourth-order valence-corrected chi connectivity index (χ4v) is 3.84. The molecule has 5 heteroatoms. The predicted molar refractivity (Wildman–Crippen MR) is 72.7 cm³/mol. The highest BCUT2D eigenvalue weighted by Gasteiger charge is 2.28. The summed E-state index contributed by atoms with van der Waals surface area (Å²) in [5.74, 6) is 0.736. The van der Waals surface area contributed by atoms with E-state index in [-0.39, 0.29) is 10.9 Å². The average Bonchev–Trinajstić information content (AvgIpc) is 2.34. The lowest BCUT2D eigenvalue weighted by Gasteiger charge is -2.32. The van der Waals surface area contributed by atoms with Crippen molar-refractivity contribution < 1.29 is 12.8 Å². The van der Waals surface area contributed by atoms with Gasteiger partial charge in [-0.05, 0) is 55.4 Å². The minimum atomic E-state index is -3.53. The van der Waals surface area contributed by atoms with Gasteiger partial charge in [-0.2, -0.15) is 0 Å². The molecule has 3 unspecified atom stereocenters. The Kier molecular flexibility index (Phi) is 4.26. The van der Waals surface area contributed by atoms with Crippen molar-refractivity contribution in [2.75, 3.05) is 0 Å². The summed E-state index contributed by atoms with van der Waals surface area (Å²) in [7, 11) is -3.53. The van der Waals surface area contributed by atoms with Gasteiger partial charge in [0.2, 0.25) is 10.0 Å². The Morgan fingerprint density at radius 2 is 1.74 bits per heavy atom. The van der Waals surface area contributed by atoms with E-state index >= 15 is 0 Å². The summed E-state index contributed by atoms with van der Waals surface area (Å²) in [4.78, 5) is 0.125. The van der Waals surface area contributed by atoms with Gasteiger partial charge in [-0.15, -0.1) is 0 Å². The highest BCUT2D eigenvalue weighted by atomic mass is 32.2. The lowest BCUT2D eigenvalue weighted by molar-refractivity contribution is 0.242. The number of sulfonamides is 1. The van der Waals surface area contributed by atoms with Crippen LogP contribution in [0.2, 0.25) is 0 Å². The van der Waals surface area contributed by atoms with Gasteiger partial charge in [0.05, 0.1) is 4.90 Å². The average molecular weight is 285 g/mol. The van der Waals surface area contributed by atoms with Crippen LogP contribution in [0.25, 0.3) is 0 Å². The van der Waals surface area contributed by atoms with Gasteiger partial charge < -0.3 is 0 Å². The quantitative estimate of drug-likeness (QED) is 0.928. The second-order valence-corrected chi connectivity index (χ2v) is 7.25. The maximum absolute atomic E-state index is 12.8. The molecule has 3 atom stereocenters. The molecule has 19 heavy (non-hydrogen) atoms. The van der Waals surface area contributed by atoms with Gasteiger partial charge in [0.15, 0.2) is 0 Å². The molecule has 2 rings (SSSR count). The molecule has 0 bridgehead atoms. The van der Waals surface area contributed by atoms with Crippen molar-refractivity contribution in [2.45, 2.75) is 44.0 Å². The first-order valence-corrected chi connectivity index (χ1v) is 8.14. The van der Waals surface area contributed by atoms with Crippen molar-refractivity contribution in [3.05, 3.63) is 30.1 Å². The molecule has 1 aliphatic rings. The van der Waals surface area contributed by atoms with Gasteiger partial charge in [-0.3, -0.25) is 0 Å². The number of halogens is 1. The maximum Gasteiger partial charge on any atom is 0.240 e. The van der Waals surface area contributed by atoms with E-state index < -0.39 is 15.8 Å². The highest BCUT2D eigenvalue weighted by molar-refractivity contribution is 7.89. The van der Waals surface area contributed by atoms with Crippen LogP contribution in [-0.4, -0.2) is 14.5 Å². The van der Waals surface area contributed by atoms with E-state index in [2.05, 4.69) is 18.6 Å². The van der Waals surface area contributed by atoms with Crippen molar-refractivity contribution in [3.63, 3.8) is 0 Å². The molecular formula is C14H20FNO2S. The molecule has 1 aliphatic carbocycles. The van der Waals surface area contributed by atoms with Crippen LogP contribution in [0.5, 0.6) is 0 Å². The Morgan fingerprint density at radius 3 is 2.32 bits per heavy atom. The molecule has 0 heterocycles. The molecule has 1 fully saturated rings. The van der Waals surface area contributed by atoms with Crippen LogP contribution in [0.1, 0.15) is 33.1 Å². The van der Waals surface area contributed by atoms with Crippen molar-refractivity contribution >= 4 is 10.0 Å². The number of rotatable bonds is 3. The van der Waals surface area contributed by atoms with Crippen molar-refractivity contribution in [2.24, 2.45) is 11.8 Å². The van der Waals surface area contributed by atoms with Crippen LogP contribution < -0.4 is 4.72 Å². The van der Waals surface area contributed by atoms with Gasteiger partial charge in [-0.1, -0.05) is 13.8 Å². The van der Waals surface area contributed by atoms with Crippen LogP contribution in [0.15, 0.2) is 29.2 Å². The van der Waals surface area contributed by atoms with Gasteiger partial charge in [0, 0.05) is 6.04 Å². The molecule has 0 saturated heterocycles. The van der Waals surface area contributed by atoms with Crippen LogP contribution in [-0.2, 0) is 10.0 Å². The zero-order chi connectivity index (χ0) is 14.0. The first-order valence-electron chi connectivity index (χ1n) is 6.66. The summed E-state index contributed by atoms with van der Waals surface area (Å²) >= 11 is 0. The van der Waals surface area contributed by atoms with Crippen LogP contribution in [0.4, 0.5) is 4.39 Å². The summed E-state index contributed by atoms with van der Waals surface area (Å²) in [6.07, 6.45) is 2.77. The van der Waals surface area contributed by atoms with E-state index in [1.54, 1.807) is 0 Å². The molecule has 1 saturated carbocycles. The van der Waals surface area contributed by atoms with E-state index in [9.17, 15) is 12.8 Å².